The molecule has 88 valence electrons. The van der Waals surface area contributed by atoms with Crippen molar-refractivity contribution in [3.05, 3.63) is 0 Å². The molecule has 0 aromatic rings. The van der Waals surface area contributed by atoms with Crippen molar-refractivity contribution < 1.29 is 14.3 Å². The van der Waals surface area contributed by atoms with Gasteiger partial charge in [-0.3, -0.25) is 14.5 Å². The van der Waals surface area contributed by atoms with E-state index in [2.05, 4.69) is 0 Å². The number of rotatable bonds is 7. The Balaban J connectivity index is 4.04. The number of primary amides is 1. The lowest BCUT2D eigenvalue weighted by atomic mass is 10.3. The molecule has 0 unspecified atom stereocenters. The molecule has 5 nitrogen and oxygen atoms in total. The Bertz CT molecular complexity index is 217. The first-order valence-electron chi connectivity index (χ1n) is 5.15. The topological polar surface area (TPSA) is 72.6 Å². The highest BCUT2D eigenvalue weighted by Crippen LogP contribution is 2.00. The number of esters is 1. The van der Waals surface area contributed by atoms with Gasteiger partial charge >= 0.3 is 5.97 Å². The van der Waals surface area contributed by atoms with Gasteiger partial charge in [-0.25, -0.2) is 0 Å². The minimum Gasteiger partial charge on any atom is -0.465 e. The summed E-state index contributed by atoms with van der Waals surface area (Å²) in [6, 6.07) is 0.189. The summed E-state index contributed by atoms with van der Waals surface area (Å²) in [5.41, 5.74) is 5.05. The second kappa shape index (κ2) is 7.23. The zero-order valence-corrected chi connectivity index (χ0v) is 9.66. The first-order valence-corrected chi connectivity index (χ1v) is 5.15. The van der Waals surface area contributed by atoms with Crippen molar-refractivity contribution in [1.82, 2.24) is 4.90 Å². The fraction of sp³-hybridized carbons (Fsp3) is 0.800. The van der Waals surface area contributed by atoms with Crippen molar-refractivity contribution in [2.75, 3.05) is 19.7 Å². The normalized spacial score (nSPS) is 10.7. The van der Waals surface area contributed by atoms with E-state index in [1.165, 1.54) is 0 Å². The summed E-state index contributed by atoms with van der Waals surface area (Å²) >= 11 is 0. The van der Waals surface area contributed by atoms with E-state index in [1.807, 2.05) is 18.7 Å². The Morgan fingerprint density at radius 1 is 1.40 bits per heavy atom. The SMILES string of the molecule is CCOC(=O)CN(CCC(N)=O)C(C)C. The number of nitrogens with zero attached hydrogens (tertiary/aromatic N) is 1. The highest BCUT2D eigenvalue weighted by molar-refractivity contribution is 5.74. The van der Waals surface area contributed by atoms with Crippen LogP contribution < -0.4 is 5.73 Å². The lowest BCUT2D eigenvalue weighted by Gasteiger charge is -2.24. The van der Waals surface area contributed by atoms with E-state index in [9.17, 15) is 9.59 Å². The Morgan fingerprint density at radius 3 is 2.40 bits per heavy atom. The summed E-state index contributed by atoms with van der Waals surface area (Å²) in [6.07, 6.45) is 0.261. The van der Waals surface area contributed by atoms with E-state index in [4.69, 9.17) is 10.5 Å². The lowest BCUT2D eigenvalue weighted by Crippen LogP contribution is -2.38. The standard InChI is InChI=1S/C10H20N2O3/c1-4-15-10(14)7-12(8(2)3)6-5-9(11)13/h8H,4-7H2,1-3H3,(H2,11,13). The molecule has 0 aliphatic heterocycles. The molecule has 0 radical (unpaired) electrons. The number of carbonyl (C=O) groups is 2. The fourth-order valence-electron chi connectivity index (χ4n) is 1.15. The molecule has 0 heterocycles. The minimum atomic E-state index is -0.357. The maximum atomic E-state index is 11.2. The summed E-state index contributed by atoms with van der Waals surface area (Å²) < 4.78 is 4.83. The van der Waals surface area contributed by atoms with E-state index in [1.54, 1.807) is 6.92 Å². The van der Waals surface area contributed by atoms with Gasteiger partial charge in [-0.1, -0.05) is 0 Å². The van der Waals surface area contributed by atoms with Crippen molar-refractivity contribution in [3.8, 4) is 0 Å². The van der Waals surface area contributed by atoms with Crippen LogP contribution in [-0.4, -0.2) is 42.5 Å². The zero-order chi connectivity index (χ0) is 11.8. The zero-order valence-electron chi connectivity index (χ0n) is 9.66. The van der Waals surface area contributed by atoms with Gasteiger partial charge in [0.05, 0.1) is 13.2 Å². The Hall–Kier alpha value is -1.10. The van der Waals surface area contributed by atoms with Crippen molar-refractivity contribution in [1.29, 1.82) is 0 Å². The maximum absolute atomic E-state index is 11.2. The summed E-state index contributed by atoms with van der Waals surface area (Å²) in [4.78, 5) is 23.7. The van der Waals surface area contributed by atoms with Crippen molar-refractivity contribution >= 4 is 11.9 Å². The molecule has 0 saturated carbocycles. The van der Waals surface area contributed by atoms with Gasteiger partial charge in [-0.05, 0) is 20.8 Å². The van der Waals surface area contributed by atoms with Gasteiger partial charge in [0.25, 0.3) is 0 Å². The molecular formula is C10H20N2O3. The second-order valence-corrected chi connectivity index (χ2v) is 3.59. The smallest absolute Gasteiger partial charge is 0.320 e. The molecule has 0 atom stereocenters. The van der Waals surface area contributed by atoms with E-state index in [0.717, 1.165) is 0 Å². The molecule has 0 spiro atoms. The molecule has 15 heavy (non-hydrogen) atoms. The lowest BCUT2D eigenvalue weighted by molar-refractivity contribution is -0.145. The Labute approximate surface area is 90.6 Å². The summed E-state index contributed by atoms with van der Waals surface area (Å²) in [7, 11) is 0. The van der Waals surface area contributed by atoms with Gasteiger partial charge in [0.2, 0.25) is 5.91 Å². The van der Waals surface area contributed by atoms with Crippen LogP contribution in [0.2, 0.25) is 0 Å². The predicted octanol–water partition coefficient (Wildman–Crippen LogP) is 0.135. The predicted molar refractivity (Wildman–Crippen MR) is 57.2 cm³/mol. The van der Waals surface area contributed by atoms with E-state index < -0.39 is 0 Å². The highest BCUT2D eigenvalue weighted by Gasteiger charge is 2.15. The van der Waals surface area contributed by atoms with Gasteiger partial charge in [0.15, 0.2) is 0 Å². The molecule has 2 N–H and O–H groups in total. The molecule has 0 aromatic carbocycles. The molecule has 1 amide bonds. The number of ether oxygens (including phenoxy) is 1. The molecule has 0 fully saturated rings. The Morgan fingerprint density at radius 2 is 2.00 bits per heavy atom. The average Bonchev–Trinajstić information content (AvgIpc) is 2.11. The van der Waals surface area contributed by atoms with Gasteiger partial charge in [-0.15, -0.1) is 0 Å². The molecule has 0 bridgehead atoms. The third-order valence-electron chi connectivity index (χ3n) is 2.01. The fourth-order valence-corrected chi connectivity index (χ4v) is 1.15. The minimum absolute atomic E-state index is 0.189. The van der Waals surface area contributed by atoms with Crippen LogP contribution in [-0.2, 0) is 14.3 Å². The van der Waals surface area contributed by atoms with E-state index in [0.29, 0.717) is 13.2 Å². The van der Waals surface area contributed by atoms with Crippen LogP contribution in [0.25, 0.3) is 0 Å². The van der Waals surface area contributed by atoms with Gasteiger partial charge in [-0.2, -0.15) is 0 Å². The quantitative estimate of drug-likeness (QED) is 0.614. The molecule has 0 aromatic heterocycles. The van der Waals surface area contributed by atoms with E-state index in [-0.39, 0.29) is 30.9 Å². The average molecular weight is 216 g/mol. The third kappa shape index (κ3) is 6.90. The summed E-state index contributed by atoms with van der Waals surface area (Å²) in [5.74, 6) is -0.625. The summed E-state index contributed by atoms with van der Waals surface area (Å²) in [6.45, 7) is 6.76. The number of amides is 1. The van der Waals surface area contributed by atoms with E-state index >= 15 is 0 Å². The molecule has 0 aliphatic rings. The van der Waals surface area contributed by atoms with Crippen molar-refractivity contribution in [3.63, 3.8) is 0 Å². The second-order valence-electron chi connectivity index (χ2n) is 3.59. The molecule has 0 rings (SSSR count). The van der Waals surface area contributed by atoms with Crippen molar-refractivity contribution in [2.24, 2.45) is 5.73 Å². The van der Waals surface area contributed by atoms with Crippen molar-refractivity contribution in [2.45, 2.75) is 33.2 Å². The van der Waals surface area contributed by atoms with Crippen LogP contribution >= 0.6 is 0 Å². The third-order valence-corrected chi connectivity index (χ3v) is 2.01. The van der Waals surface area contributed by atoms with Gasteiger partial charge in [0.1, 0.15) is 0 Å². The highest BCUT2D eigenvalue weighted by atomic mass is 16.5. The molecule has 0 aliphatic carbocycles. The van der Waals surface area contributed by atoms with Gasteiger partial charge in [0, 0.05) is 19.0 Å². The van der Waals surface area contributed by atoms with Crippen LogP contribution in [0.4, 0.5) is 0 Å². The molecular weight excluding hydrogens is 196 g/mol. The molecule has 0 saturated heterocycles. The first kappa shape index (κ1) is 13.9. The van der Waals surface area contributed by atoms with Crippen LogP contribution in [0.15, 0.2) is 0 Å². The summed E-state index contributed by atoms with van der Waals surface area (Å²) in [5, 5.41) is 0. The van der Waals surface area contributed by atoms with Crippen LogP contribution in [0.3, 0.4) is 0 Å². The number of nitrogens with two attached hydrogens (primary N) is 1. The number of hydrogen-bond donors (Lipinski definition) is 1. The largest absolute Gasteiger partial charge is 0.465 e. The molecule has 5 heteroatoms. The first-order chi connectivity index (χ1) is 6.97. The van der Waals surface area contributed by atoms with Crippen LogP contribution in [0.5, 0.6) is 0 Å². The number of hydrogen-bond acceptors (Lipinski definition) is 4. The van der Waals surface area contributed by atoms with Crippen LogP contribution in [0.1, 0.15) is 27.2 Å². The Kier molecular flexibility index (Phi) is 6.70. The maximum Gasteiger partial charge on any atom is 0.320 e. The monoisotopic (exact) mass is 216 g/mol. The van der Waals surface area contributed by atoms with Crippen LogP contribution in [0, 0.1) is 0 Å². The van der Waals surface area contributed by atoms with Gasteiger partial charge < -0.3 is 10.5 Å². The number of carbonyl (C=O) groups excluding carboxylic acids is 2.